The fourth-order valence-corrected chi connectivity index (χ4v) is 1.87. The minimum atomic E-state index is -1.73. The number of halogens is 5. The summed E-state index contributed by atoms with van der Waals surface area (Å²) >= 11 is 0. The van der Waals surface area contributed by atoms with E-state index in [0.29, 0.717) is 12.1 Å². The average molecular weight is 310 g/mol. The minimum absolute atomic E-state index is 0.0871. The number of allylic oxidation sites excluding steroid dienone is 1. The predicted octanol–water partition coefficient (Wildman–Crippen LogP) is 5.90. The predicted molar refractivity (Wildman–Crippen MR) is 76.5 cm³/mol. The van der Waals surface area contributed by atoms with Gasteiger partial charge in [0.1, 0.15) is 0 Å². The van der Waals surface area contributed by atoms with Crippen molar-refractivity contribution in [2.75, 3.05) is 0 Å². The van der Waals surface area contributed by atoms with Crippen LogP contribution in [0.2, 0.25) is 0 Å². The van der Waals surface area contributed by atoms with Crippen LogP contribution in [0.15, 0.2) is 42.5 Å². The Balaban J connectivity index is 2.44. The molecule has 0 aliphatic carbocycles. The number of rotatable bonds is 3. The number of hydrogen-bond donors (Lipinski definition) is 0. The van der Waals surface area contributed by atoms with E-state index in [0.717, 1.165) is 5.56 Å². The van der Waals surface area contributed by atoms with Crippen LogP contribution in [0.3, 0.4) is 0 Å². The van der Waals surface area contributed by atoms with E-state index in [1.807, 2.05) is 6.92 Å². The maximum Gasteiger partial charge on any atom is 0.194 e. The smallest absolute Gasteiger partial charge is 0.194 e. The van der Waals surface area contributed by atoms with Crippen LogP contribution < -0.4 is 0 Å². The summed E-state index contributed by atoms with van der Waals surface area (Å²) in [4.78, 5) is 0. The van der Waals surface area contributed by atoms with E-state index in [-0.39, 0.29) is 5.56 Å². The molecule has 0 atom stereocenters. The molecule has 2 aromatic carbocycles. The molecule has 0 spiro atoms. The Morgan fingerprint density at radius 1 is 0.818 bits per heavy atom. The van der Waals surface area contributed by atoms with Gasteiger partial charge in [-0.2, -0.15) is 0 Å². The van der Waals surface area contributed by atoms with Crippen LogP contribution in [0.25, 0.3) is 17.7 Å². The molecular weight excluding hydrogens is 299 g/mol. The average Bonchev–Trinajstić information content (AvgIpc) is 2.51. The molecule has 5 heteroatoms. The first-order valence-corrected chi connectivity index (χ1v) is 6.37. The van der Waals surface area contributed by atoms with Gasteiger partial charge in [-0.25, -0.2) is 22.0 Å². The van der Waals surface area contributed by atoms with Crippen LogP contribution in [0.1, 0.15) is 23.6 Å². The van der Waals surface area contributed by atoms with Gasteiger partial charge in [0.25, 0.3) is 0 Å². The molecule has 22 heavy (non-hydrogen) atoms. The zero-order chi connectivity index (χ0) is 16.3. The summed E-state index contributed by atoms with van der Waals surface area (Å²) in [5.74, 6) is -7.63. The Bertz CT molecular complexity index is 719. The molecule has 0 nitrogen and oxygen atoms in total. The molecule has 2 rings (SSSR count). The molecular formula is C17H11F5. The monoisotopic (exact) mass is 310 g/mol. The highest BCUT2D eigenvalue weighted by Gasteiger charge is 2.17. The Labute approximate surface area is 124 Å². The second kappa shape index (κ2) is 6.56. The lowest BCUT2D eigenvalue weighted by Crippen LogP contribution is -1.94. The summed E-state index contributed by atoms with van der Waals surface area (Å²) < 4.78 is 67.0. The molecule has 0 amide bonds. The normalized spacial score (nSPS) is 12.6. The van der Waals surface area contributed by atoms with Crippen LogP contribution in [-0.2, 0) is 0 Å². The first-order valence-electron chi connectivity index (χ1n) is 6.37. The van der Waals surface area contributed by atoms with E-state index in [1.165, 1.54) is 12.1 Å². The van der Waals surface area contributed by atoms with Gasteiger partial charge in [0.2, 0.25) is 0 Å². The highest BCUT2D eigenvalue weighted by molar-refractivity contribution is 5.83. The zero-order valence-electron chi connectivity index (χ0n) is 11.5. The second-order valence-electron chi connectivity index (χ2n) is 4.50. The van der Waals surface area contributed by atoms with E-state index < -0.39 is 34.7 Å². The van der Waals surface area contributed by atoms with E-state index in [4.69, 9.17) is 0 Å². The van der Waals surface area contributed by atoms with Crippen molar-refractivity contribution in [1.82, 2.24) is 0 Å². The van der Waals surface area contributed by atoms with Gasteiger partial charge in [-0.05, 0) is 24.6 Å². The van der Waals surface area contributed by atoms with Gasteiger partial charge >= 0.3 is 0 Å². The van der Waals surface area contributed by atoms with Gasteiger partial charge in [0.05, 0.1) is 0 Å². The SMILES string of the molecule is CC=Cc1ccc(C(F)=C(F)c2cc(F)c(F)c(F)c2)cc1. The van der Waals surface area contributed by atoms with Gasteiger partial charge in [-0.1, -0.05) is 36.4 Å². The molecule has 2 aromatic rings. The quantitative estimate of drug-likeness (QED) is 0.376. The molecule has 0 aromatic heterocycles. The van der Waals surface area contributed by atoms with Gasteiger partial charge in [-0.3, -0.25) is 0 Å². The van der Waals surface area contributed by atoms with Gasteiger partial charge in [0.15, 0.2) is 29.1 Å². The van der Waals surface area contributed by atoms with E-state index in [2.05, 4.69) is 0 Å². The van der Waals surface area contributed by atoms with Crippen LogP contribution in [0, 0.1) is 17.5 Å². The highest BCUT2D eigenvalue weighted by Crippen LogP contribution is 2.30. The summed E-state index contributed by atoms with van der Waals surface area (Å²) in [5.41, 5.74) is 0.000606. The van der Waals surface area contributed by atoms with Crippen LogP contribution in [0.4, 0.5) is 22.0 Å². The summed E-state index contributed by atoms with van der Waals surface area (Å²) in [6, 6.07) is 6.60. The third-order valence-electron chi connectivity index (χ3n) is 2.95. The number of hydrogen-bond acceptors (Lipinski definition) is 0. The van der Waals surface area contributed by atoms with Crippen molar-refractivity contribution in [2.45, 2.75) is 6.92 Å². The van der Waals surface area contributed by atoms with Gasteiger partial charge in [-0.15, -0.1) is 0 Å². The Morgan fingerprint density at radius 3 is 1.82 bits per heavy atom. The molecule has 0 aliphatic heterocycles. The molecule has 0 fully saturated rings. The lowest BCUT2D eigenvalue weighted by Gasteiger charge is -2.04. The first-order chi connectivity index (χ1) is 10.4. The fraction of sp³-hybridized carbons (Fsp3) is 0.0588. The summed E-state index contributed by atoms with van der Waals surface area (Å²) in [6.07, 6.45) is 3.55. The Hall–Kier alpha value is -2.43. The van der Waals surface area contributed by atoms with Gasteiger partial charge < -0.3 is 0 Å². The van der Waals surface area contributed by atoms with E-state index in [1.54, 1.807) is 24.3 Å². The van der Waals surface area contributed by atoms with Crippen molar-refractivity contribution in [3.8, 4) is 0 Å². The van der Waals surface area contributed by atoms with Crippen LogP contribution in [0.5, 0.6) is 0 Å². The van der Waals surface area contributed by atoms with Crippen molar-refractivity contribution in [3.05, 3.63) is 76.6 Å². The maximum absolute atomic E-state index is 14.0. The van der Waals surface area contributed by atoms with Crippen molar-refractivity contribution >= 4 is 17.7 Å². The lowest BCUT2D eigenvalue weighted by molar-refractivity contribution is 0.446. The number of benzene rings is 2. The van der Waals surface area contributed by atoms with Crippen molar-refractivity contribution in [3.63, 3.8) is 0 Å². The largest absolute Gasteiger partial charge is 0.204 e. The third kappa shape index (κ3) is 3.24. The molecule has 114 valence electrons. The molecule has 0 bridgehead atoms. The topological polar surface area (TPSA) is 0 Å². The molecule has 0 saturated heterocycles. The maximum atomic E-state index is 14.0. The van der Waals surface area contributed by atoms with Crippen LogP contribution in [-0.4, -0.2) is 0 Å². The second-order valence-corrected chi connectivity index (χ2v) is 4.50. The lowest BCUT2D eigenvalue weighted by atomic mass is 10.1. The van der Waals surface area contributed by atoms with Crippen LogP contribution >= 0.6 is 0 Å². The standard InChI is InChI=1S/C17H11F5/c1-2-3-10-4-6-11(7-5-10)15(20)16(21)12-8-13(18)17(22)14(19)9-12/h2-9H,1H3. The molecule has 0 aliphatic rings. The fourth-order valence-electron chi connectivity index (χ4n) is 1.87. The molecule has 0 heterocycles. The Kier molecular flexibility index (Phi) is 4.75. The molecule has 0 saturated carbocycles. The summed E-state index contributed by atoms with van der Waals surface area (Å²) in [7, 11) is 0. The molecule has 0 N–H and O–H groups in total. The highest BCUT2D eigenvalue weighted by atomic mass is 19.2. The minimum Gasteiger partial charge on any atom is -0.204 e. The summed E-state index contributed by atoms with van der Waals surface area (Å²) in [6.45, 7) is 1.81. The van der Waals surface area contributed by atoms with E-state index in [9.17, 15) is 22.0 Å². The third-order valence-corrected chi connectivity index (χ3v) is 2.95. The van der Waals surface area contributed by atoms with Gasteiger partial charge in [0, 0.05) is 11.1 Å². The first kappa shape index (κ1) is 15.9. The zero-order valence-corrected chi connectivity index (χ0v) is 11.5. The van der Waals surface area contributed by atoms with Crippen molar-refractivity contribution in [1.29, 1.82) is 0 Å². The Morgan fingerprint density at radius 2 is 1.32 bits per heavy atom. The van der Waals surface area contributed by atoms with Crippen molar-refractivity contribution < 1.29 is 22.0 Å². The molecule has 0 radical (unpaired) electrons. The van der Waals surface area contributed by atoms with E-state index >= 15 is 0 Å². The molecule has 0 unspecified atom stereocenters. The summed E-state index contributed by atoms with van der Waals surface area (Å²) in [5, 5.41) is 0. The van der Waals surface area contributed by atoms with Crippen molar-refractivity contribution in [2.24, 2.45) is 0 Å².